The van der Waals surface area contributed by atoms with Crippen molar-refractivity contribution in [1.82, 2.24) is 10.2 Å². The number of nitrogens with zero attached hydrogens (tertiary/aromatic N) is 1. The molecule has 0 radical (unpaired) electrons. The molecule has 0 bridgehead atoms. The number of anilines is 2. The van der Waals surface area contributed by atoms with Crippen molar-refractivity contribution in [3.63, 3.8) is 0 Å². The van der Waals surface area contributed by atoms with E-state index >= 15 is 0 Å². The van der Waals surface area contributed by atoms with E-state index < -0.39 is 0 Å². The van der Waals surface area contributed by atoms with Crippen LogP contribution in [0.3, 0.4) is 0 Å². The second-order valence-corrected chi connectivity index (χ2v) is 6.28. The van der Waals surface area contributed by atoms with Crippen LogP contribution in [0.15, 0.2) is 18.3 Å². The molecule has 5 heteroatoms. The highest BCUT2D eigenvalue weighted by molar-refractivity contribution is 7.99. The molecule has 1 heterocycles. The van der Waals surface area contributed by atoms with Crippen LogP contribution in [0.1, 0.15) is 25.7 Å². The molecule has 4 N–H and O–H groups in total. The van der Waals surface area contributed by atoms with E-state index in [1.165, 1.54) is 25.7 Å². The first-order valence-electron chi connectivity index (χ1n) is 6.80. The third kappa shape index (κ3) is 2.52. The first kappa shape index (κ1) is 12.7. The number of nitrogens with one attached hydrogen (secondary N) is 2. The molecule has 102 valence electrons. The van der Waals surface area contributed by atoms with E-state index in [4.69, 9.17) is 5.73 Å². The summed E-state index contributed by atoms with van der Waals surface area (Å²) in [4.78, 5) is 0. The summed E-state index contributed by atoms with van der Waals surface area (Å²) in [6, 6.07) is 4.58. The molecule has 1 aromatic carbocycles. The smallest absolute Gasteiger partial charge is 0.0672 e. The normalized spacial score (nSPS) is 23.6. The summed E-state index contributed by atoms with van der Waals surface area (Å²) in [5.41, 5.74) is 9.01. The minimum Gasteiger partial charge on any atom is -0.397 e. The lowest BCUT2D eigenvalue weighted by Crippen LogP contribution is -2.34. The van der Waals surface area contributed by atoms with Gasteiger partial charge in [0.15, 0.2) is 0 Å². The van der Waals surface area contributed by atoms with Crippen molar-refractivity contribution in [2.24, 2.45) is 0 Å². The highest BCUT2D eigenvalue weighted by Crippen LogP contribution is 2.32. The molecule has 0 spiro atoms. The van der Waals surface area contributed by atoms with Gasteiger partial charge in [0.25, 0.3) is 0 Å². The number of rotatable bonds is 3. The summed E-state index contributed by atoms with van der Waals surface area (Å²) in [5, 5.41) is 12.4. The highest BCUT2D eigenvalue weighted by atomic mass is 32.2. The minimum atomic E-state index is 0.520. The summed E-state index contributed by atoms with van der Waals surface area (Å²) in [6.07, 6.45) is 9.18. The molecule has 3 rings (SSSR count). The number of aromatic nitrogens is 2. The zero-order valence-electron chi connectivity index (χ0n) is 11.1. The third-order valence-electron chi connectivity index (χ3n) is 3.96. The summed E-state index contributed by atoms with van der Waals surface area (Å²) < 4.78 is 0. The molecule has 4 nitrogen and oxygen atoms in total. The maximum atomic E-state index is 6.14. The maximum Gasteiger partial charge on any atom is 0.0672 e. The van der Waals surface area contributed by atoms with Crippen LogP contribution in [-0.2, 0) is 0 Å². The van der Waals surface area contributed by atoms with E-state index in [1.807, 2.05) is 17.8 Å². The van der Waals surface area contributed by atoms with Gasteiger partial charge in [0.1, 0.15) is 0 Å². The van der Waals surface area contributed by atoms with E-state index in [2.05, 4.69) is 27.8 Å². The van der Waals surface area contributed by atoms with Crippen molar-refractivity contribution in [3.05, 3.63) is 18.3 Å². The van der Waals surface area contributed by atoms with Gasteiger partial charge in [-0.2, -0.15) is 16.9 Å². The van der Waals surface area contributed by atoms with Crippen LogP contribution in [0, 0.1) is 0 Å². The average Bonchev–Trinajstić information content (AvgIpc) is 2.87. The Balaban J connectivity index is 1.85. The van der Waals surface area contributed by atoms with E-state index in [1.54, 1.807) is 6.20 Å². The fraction of sp³-hybridized carbons (Fsp3) is 0.500. The van der Waals surface area contributed by atoms with Gasteiger partial charge in [-0.15, -0.1) is 0 Å². The first-order valence-corrected chi connectivity index (χ1v) is 8.08. The van der Waals surface area contributed by atoms with Crippen molar-refractivity contribution in [3.8, 4) is 0 Å². The van der Waals surface area contributed by atoms with Crippen molar-refractivity contribution >= 4 is 34.0 Å². The minimum absolute atomic E-state index is 0.520. The number of benzene rings is 1. The first-order chi connectivity index (χ1) is 9.28. The van der Waals surface area contributed by atoms with Crippen LogP contribution in [0.2, 0.25) is 0 Å². The van der Waals surface area contributed by atoms with Gasteiger partial charge in [-0.3, -0.25) is 5.10 Å². The Morgan fingerprint density at radius 1 is 1.37 bits per heavy atom. The quantitative estimate of drug-likeness (QED) is 0.753. The molecular weight excluding hydrogens is 256 g/mol. The Bertz CT molecular complexity index is 566. The van der Waals surface area contributed by atoms with Gasteiger partial charge in [-0.05, 0) is 31.2 Å². The van der Waals surface area contributed by atoms with Gasteiger partial charge in [-0.25, -0.2) is 0 Å². The molecule has 1 fully saturated rings. The van der Waals surface area contributed by atoms with Crippen molar-refractivity contribution < 1.29 is 0 Å². The molecule has 2 unspecified atom stereocenters. The molecule has 2 aromatic rings. The van der Waals surface area contributed by atoms with Crippen molar-refractivity contribution in [1.29, 1.82) is 0 Å². The highest BCUT2D eigenvalue weighted by Gasteiger charge is 2.24. The van der Waals surface area contributed by atoms with Gasteiger partial charge in [0, 0.05) is 16.7 Å². The van der Waals surface area contributed by atoms with Crippen LogP contribution in [0.5, 0.6) is 0 Å². The molecule has 1 aliphatic carbocycles. The number of nitrogen functional groups attached to an aromatic ring is 1. The number of nitrogens with two attached hydrogens (primary N) is 1. The van der Waals surface area contributed by atoms with Crippen LogP contribution >= 0.6 is 11.8 Å². The van der Waals surface area contributed by atoms with Crippen LogP contribution in [-0.4, -0.2) is 27.7 Å². The van der Waals surface area contributed by atoms with Gasteiger partial charge in [-0.1, -0.05) is 12.8 Å². The number of fused-ring (bicyclic) bond motifs is 1. The van der Waals surface area contributed by atoms with E-state index in [-0.39, 0.29) is 0 Å². The summed E-state index contributed by atoms with van der Waals surface area (Å²) in [7, 11) is 0. The number of hydrogen-bond acceptors (Lipinski definition) is 4. The topological polar surface area (TPSA) is 66.7 Å². The Labute approximate surface area is 117 Å². The Morgan fingerprint density at radius 3 is 3.05 bits per heavy atom. The van der Waals surface area contributed by atoms with Gasteiger partial charge in [0.05, 0.1) is 23.1 Å². The Morgan fingerprint density at radius 2 is 2.21 bits per heavy atom. The number of thioether (sulfide) groups is 1. The van der Waals surface area contributed by atoms with E-state index in [0.29, 0.717) is 11.3 Å². The standard InChI is InChI=1S/C14H20N4S/c1-19-14-5-3-2-4-11(14)17-13-7-12-9(6-10(13)15)8-16-18-12/h6-8,11,14,17H,2-5,15H2,1H3,(H,16,18). The fourth-order valence-corrected chi connectivity index (χ4v) is 3.81. The monoisotopic (exact) mass is 276 g/mol. The lowest BCUT2D eigenvalue weighted by molar-refractivity contribution is 0.475. The van der Waals surface area contributed by atoms with Gasteiger partial charge < -0.3 is 11.1 Å². The molecular formula is C14H20N4S. The Hall–Kier alpha value is -1.36. The predicted octanol–water partition coefficient (Wildman–Crippen LogP) is 3.23. The molecule has 1 aliphatic rings. The summed E-state index contributed by atoms with van der Waals surface area (Å²) in [6.45, 7) is 0. The summed E-state index contributed by atoms with van der Waals surface area (Å²) in [5.74, 6) is 0. The fourth-order valence-electron chi connectivity index (χ4n) is 2.88. The van der Waals surface area contributed by atoms with Crippen LogP contribution in [0.25, 0.3) is 10.9 Å². The molecule has 1 saturated carbocycles. The molecule has 0 aliphatic heterocycles. The molecule has 19 heavy (non-hydrogen) atoms. The van der Waals surface area contributed by atoms with Crippen LogP contribution in [0.4, 0.5) is 11.4 Å². The van der Waals surface area contributed by atoms with E-state index in [9.17, 15) is 0 Å². The number of aromatic amines is 1. The maximum absolute atomic E-state index is 6.14. The molecule has 1 aromatic heterocycles. The Kier molecular flexibility index (Phi) is 3.55. The summed E-state index contributed by atoms with van der Waals surface area (Å²) >= 11 is 1.96. The molecule has 0 saturated heterocycles. The van der Waals surface area contributed by atoms with Gasteiger partial charge >= 0.3 is 0 Å². The van der Waals surface area contributed by atoms with Crippen molar-refractivity contribution in [2.45, 2.75) is 37.0 Å². The number of hydrogen-bond donors (Lipinski definition) is 3. The van der Waals surface area contributed by atoms with Crippen LogP contribution < -0.4 is 11.1 Å². The zero-order valence-corrected chi connectivity index (χ0v) is 12.0. The second-order valence-electron chi connectivity index (χ2n) is 5.21. The lowest BCUT2D eigenvalue weighted by Gasteiger charge is -2.32. The average molecular weight is 276 g/mol. The van der Waals surface area contributed by atoms with E-state index in [0.717, 1.165) is 22.3 Å². The third-order valence-corrected chi connectivity index (χ3v) is 5.13. The molecule has 0 amide bonds. The van der Waals surface area contributed by atoms with Crippen molar-refractivity contribution in [2.75, 3.05) is 17.3 Å². The largest absolute Gasteiger partial charge is 0.397 e. The second kappa shape index (κ2) is 5.33. The zero-order chi connectivity index (χ0) is 13.2. The number of H-pyrrole nitrogens is 1. The van der Waals surface area contributed by atoms with Gasteiger partial charge in [0.2, 0.25) is 0 Å². The molecule has 2 atom stereocenters. The predicted molar refractivity (Wildman–Crippen MR) is 83.7 cm³/mol. The SMILES string of the molecule is CSC1CCCCC1Nc1cc2[nH]ncc2cc1N. The lowest BCUT2D eigenvalue weighted by atomic mass is 9.94.